The Labute approximate surface area is 186 Å². The van der Waals surface area contributed by atoms with Gasteiger partial charge in [0.2, 0.25) is 0 Å². The number of nitrogens with one attached hydrogen (secondary N) is 1. The van der Waals surface area contributed by atoms with E-state index in [1.807, 2.05) is 0 Å². The number of carbonyl (C=O) groups excluding carboxylic acids is 1. The van der Waals surface area contributed by atoms with Crippen LogP contribution in [-0.2, 0) is 6.18 Å². The Hall–Kier alpha value is -4.33. The summed E-state index contributed by atoms with van der Waals surface area (Å²) in [7, 11) is 0. The first kappa shape index (κ1) is 20.6. The maximum Gasteiger partial charge on any atom is 0.434 e. The predicted molar refractivity (Wildman–Crippen MR) is 107 cm³/mol. The Morgan fingerprint density at radius 3 is 2.48 bits per heavy atom. The van der Waals surface area contributed by atoms with E-state index >= 15 is 0 Å². The molecule has 0 saturated carbocycles. The van der Waals surface area contributed by atoms with Crippen molar-refractivity contribution in [3.63, 3.8) is 0 Å². The van der Waals surface area contributed by atoms with E-state index in [-0.39, 0.29) is 27.9 Å². The lowest BCUT2D eigenvalue weighted by molar-refractivity contribution is -0.143. The number of fused-ring (bicyclic) bond motifs is 1. The van der Waals surface area contributed by atoms with E-state index in [0.29, 0.717) is 4.68 Å². The van der Waals surface area contributed by atoms with Crippen molar-refractivity contribution >= 4 is 28.7 Å². The van der Waals surface area contributed by atoms with Crippen LogP contribution in [0.5, 0.6) is 0 Å². The summed E-state index contributed by atoms with van der Waals surface area (Å²) in [5.74, 6) is -1.01. The first-order valence-electron chi connectivity index (χ1n) is 9.10. The van der Waals surface area contributed by atoms with E-state index < -0.39 is 23.3 Å². The number of hydrogen-bond acceptors (Lipinski definition) is 7. The van der Waals surface area contributed by atoms with Crippen molar-refractivity contribution in [2.75, 3.05) is 5.32 Å². The number of nitrogens with zero attached hydrogens (tertiary/aromatic N) is 9. The van der Waals surface area contributed by atoms with Crippen molar-refractivity contribution < 1.29 is 18.0 Å². The number of amides is 1. The number of aromatic nitrogens is 9. The zero-order chi connectivity index (χ0) is 23.2. The van der Waals surface area contributed by atoms with Crippen molar-refractivity contribution in [3.8, 4) is 11.6 Å². The van der Waals surface area contributed by atoms with Gasteiger partial charge in [0.05, 0.1) is 47.3 Å². The summed E-state index contributed by atoms with van der Waals surface area (Å²) in [5, 5.41) is 18.0. The maximum absolute atomic E-state index is 14.0. The van der Waals surface area contributed by atoms with Crippen LogP contribution in [-0.4, -0.2) is 50.3 Å². The second-order valence-electron chi connectivity index (χ2n) is 6.53. The minimum Gasteiger partial charge on any atom is -0.320 e. The lowest BCUT2D eigenvalue weighted by Gasteiger charge is -2.13. The molecular formula is C18H10ClF3N10O. The second kappa shape index (κ2) is 7.67. The first-order chi connectivity index (χ1) is 15.8. The molecule has 0 atom stereocenters. The van der Waals surface area contributed by atoms with Gasteiger partial charge < -0.3 is 5.32 Å². The molecular weight excluding hydrogens is 465 g/mol. The number of hydrogen-bond donors (Lipinski definition) is 1. The molecule has 5 aromatic rings. The molecule has 0 saturated heterocycles. The van der Waals surface area contributed by atoms with Gasteiger partial charge in [-0.15, -0.1) is 4.80 Å². The van der Waals surface area contributed by atoms with Gasteiger partial charge >= 0.3 is 6.18 Å². The first-order valence-corrected chi connectivity index (χ1v) is 9.48. The minimum atomic E-state index is -4.91. The van der Waals surface area contributed by atoms with Crippen LogP contribution in [0.25, 0.3) is 17.2 Å². The predicted octanol–water partition coefficient (Wildman–Crippen LogP) is 2.82. The van der Waals surface area contributed by atoms with Gasteiger partial charge in [-0.25, -0.2) is 19.2 Å². The summed E-state index contributed by atoms with van der Waals surface area (Å²) in [6.45, 7) is 0. The van der Waals surface area contributed by atoms with Gasteiger partial charge in [0, 0.05) is 12.4 Å². The lowest BCUT2D eigenvalue weighted by atomic mass is 10.2. The molecule has 0 spiro atoms. The van der Waals surface area contributed by atoms with Gasteiger partial charge in [-0.1, -0.05) is 11.6 Å². The second-order valence-corrected chi connectivity index (χ2v) is 6.94. The largest absolute Gasteiger partial charge is 0.434 e. The molecule has 166 valence electrons. The molecule has 0 aromatic carbocycles. The Morgan fingerprint density at radius 2 is 1.76 bits per heavy atom. The summed E-state index contributed by atoms with van der Waals surface area (Å²) >= 11 is 6.16. The third-order valence-electron chi connectivity index (χ3n) is 4.47. The monoisotopic (exact) mass is 474 g/mol. The smallest absolute Gasteiger partial charge is 0.320 e. The third kappa shape index (κ3) is 3.65. The zero-order valence-electron chi connectivity index (χ0n) is 16.1. The van der Waals surface area contributed by atoms with Crippen molar-refractivity contribution in [1.29, 1.82) is 0 Å². The number of carbonyl (C=O) groups is 1. The van der Waals surface area contributed by atoms with Crippen molar-refractivity contribution in [1.82, 2.24) is 44.4 Å². The molecule has 15 heteroatoms. The van der Waals surface area contributed by atoms with E-state index in [0.717, 1.165) is 11.0 Å². The fourth-order valence-corrected chi connectivity index (χ4v) is 3.37. The van der Waals surface area contributed by atoms with Crippen molar-refractivity contribution in [2.45, 2.75) is 6.18 Å². The van der Waals surface area contributed by atoms with E-state index in [4.69, 9.17) is 11.6 Å². The Kier molecular flexibility index (Phi) is 4.78. The zero-order valence-corrected chi connectivity index (χ0v) is 16.9. The van der Waals surface area contributed by atoms with E-state index in [9.17, 15) is 18.0 Å². The summed E-state index contributed by atoms with van der Waals surface area (Å²) in [4.78, 5) is 22.0. The van der Waals surface area contributed by atoms with Crippen molar-refractivity contribution in [3.05, 3.63) is 71.8 Å². The maximum atomic E-state index is 14.0. The molecule has 0 fully saturated rings. The molecule has 1 amide bonds. The summed E-state index contributed by atoms with van der Waals surface area (Å²) in [5.41, 5.74) is -1.66. The number of alkyl halides is 3. The highest BCUT2D eigenvalue weighted by Crippen LogP contribution is 2.34. The Morgan fingerprint density at radius 1 is 0.970 bits per heavy atom. The van der Waals surface area contributed by atoms with Gasteiger partial charge in [0.25, 0.3) is 5.91 Å². The normalized spacial score (nSPS) is 11.8. The minimum absolute atomic E-state index is 0.0674. The number of halogens is 4. The molecule has 33 heavy (non-hydrogen) atoms. The van der Waals surface area contributed by atoms with Crippen LogP contribution in [0.4, 0.5) is 18.9 Å². The lowest BCUT2D eigenvalue weighted by Crippen LogP contribution is -2.21. The fourth-order valence-electron chi connectivity index (χ4n) is 3.12. The average Bonchev–Trinajstić information content (AvgIpc) is 3.52. The summed E-state index contributed by atoms with van der Waals surface area (Å²) in [6.07, 6.45) is 4.12. The van der Waals surface area contributed by atoms with Crippen LogP contribution in [0.3, 0.4) is 0 Å². The van der Waals surface area contributed by atoms with E-state index in [1.54, 1.807) is 0 Å². The van der Waals surface area contributed by atoms with Gasteiger partial charge in [-0.3, -0.25) is 4.79 Å². The molecule has 0 aliphatic rings. The SMILES string of the molecule is O=C(Nc1cnc(-n2nccn2)c(Cl)c1)c1cnn(-c2nccn3nccc23)c1C(F)(F)F. The topological polar surface area (TPSA) is 121 Å². The average molecular weight is 475 g/mol. The van der Waals surface area contributed by atoms with E-state index in [2.05, 4.69) is 35.7 Å². The third-order valence-corrected chi connectivity index (χ3v) is 4.75. The molecule has 0 aliphatic carbocycles. The van der Waals surface area contributed by atoms with Crippen LogP contribution in [0, 0.1) is 0 Å². The van der Waals surface area contributed by atoms with Crippen LogP contribution in [0.1, 0.15) is 16.1 Å². The van der Waals surface area contributed by atoms with Crippen LogP contribution >= 0.6 is 11.6 Å². The fraction of sp³-hybridized carbons (Fsp3) is 0.0556. The molecule has 0 unspecified atom stereocenters. The number of anilines is 1. The van der Waals surface area contributed by atoms with Crippen LogP contribution in [0.2, 0.25) is 5.02 Å². The number of rotatable bonds is 4. The molecule has 1 N–H and O–H groups in total. The molecule has 5 aromatic heterocycles. The molecule has 0 bridgehead atoms. The summed E-state index contributed by atoms with van der Waals surface area (Å²) < 4.78 is 43.9. The van der Waals surface area contributed by atoms with Gasteiger partial charge in [-0.05, 0) is 12.1 Å². The highest BCUT2D eigenvalue weighted by Gasteiger charge is 2.41. The molecule has 0 radical (unpaired) electrons. The Balaban J connectivity index is 1.52. The van der Waals surface area contributed by atoms with E-state index in [1.165, 1.54) is 53.8 Å². The molecule has 5 rings (SSSR count). The van der Waals surface area contributed by atoms with Gasteiger partial charge in [0.15, 0.2) is 17.3 Å². The van der Waals surface area contributed by atoms with Crippen LogP contribution in [0.15, 0.2) is 55.5 Å². The van der Waals surface area contributed by atoms with Gasteiger partial charge in [0.1, 0.15) is 5.52 Å². The number of pyridine rings is 1. The van der Waals surface area contributed by atoms with Crippen LogP contribution < -0.4 is 5.32 Å². The quantitative estimate of drug-likeness (QED) is 0.425. The Bertz CT molecular complexity index is 1470. The van der Waals surface area contributed by atoms with Gasteiger partial charge in [-0.2, -0.15) is 33.6 Å². The highest BCUT2D eigenvalue weighted by molar-refractivity contribution is 6.32. The standard InChI is InChI=1S/C18H10ClF3N10O/c19-12-7-10(8-24-15(12)32-26-3-4-27-32)29-17(33)11-9-28-31(14(11)18(20,21)22)16-13-1-2-25-30(13)6-5-23-16/h1-9H,(H,29,33). The summed E-state index contributed by atoms with van der Waals surface area (Å²) in [6, 6.07) is 2.80. The molecule has 0 aliphatic heterocycles. The molecule has 5 heterocycles. The van der Waals surface area contributed by atoms with Crippen molar-refractivity contribution in [2.24, 2.45) is 0 Å². The molecule has 11 nitrogen and oxygen atoms in total. The highest BCUT2D eigenvalue weighted by atomic mass is 35.5.